The molecule has 0 aliphatic rings. The normalized spacial score (nSPS) is 12.1. The van der Waals surface area contributed by atoms with Gasteiger partial charge in [0.25, 0.3) is 5.91 Å². The lowest BCUT2D eigenvalue weighted by Gasteiger charge is -2.15. The summed E-state index contributed by atoms with van der Waals surface area (Å²) in [5, 5.41) is 7.53. The zero-order valence-corrected chi connectivity index (χ0v) is 14.9. The highest BCUT2D eigenvalue weighted by Gasteiger charge is 2.21. The summed E-state index contributed by atoms with van der Waals surface area (Å²) in [5.74, 6) is -0.935. The quantitative estimate of drug-likeness (QED) is 0.735. The number of anilines is 1. The maximum Gasteiger partial charge on any atom is 0.342 e. The Morgan fingerprint density at radius 1 is 1.08 bits per heavy atom. The number of carbonyl (C=O) groups is 2. The summed E-state index contributed by atoms with van der Waals surface area (Å²) in [7, 11) is -2.39. The Morgan fingerprint density at radius 2 is 1.69 bits per heavy atom. The van der Waals surface area contributed by atoms with Gasteiger partial charge < -0.3 is 14.8 Å². The summed E-state index contributed by atoms with van der Waals surface area (Å²) in [6.45, 7) is 1.42. The second-order valence-electron chi connectivity index (χ2n) is 5.31. The maximum atomic E-state index is 12.2. The number of methoxy groups -OCH3 is 1. The van der Waals surface area contributed by atoms with Crippen LogP contribution in [-0.2, 0) is 19.6 Å². The van der Waals surface area contributed by atoms with Crippen LogP contribution in [0.1, 0.15) is 17.3 Å². The van der Waals surface area contributed by atoms with E-state index in [4.69, 9.17) is 14.6 Å². The van der Waals surface area contributed by atoms with Crippen LogP contribution >= 0.6 is 0 Å². The van der Waals surface area contributed by atoms with Crippen molar-refractivity contribution in [2.75, 3.05) is 12.4 Å². The fourth-order valence-corrected chi connectivity index (χ4v) is 2.58. The highest BCUT2D eigenvalue weighted by molar-refractivity contribution is 7.89. The molecule has 2 rings (SSSR count). The fraction of sp³-hybridized carbons (Fsp3) is 0.176. The van der Waals surface area contributed by atoms with Gasteiger partial charge in [-0.05, 0) is 43.3 Å². The van der Waals surface area contributed by atoms with E-state index < -0.39 is 28.0 Å². The van der Waals surface area contributed by atoms with Gasteiger partial charge in [0.2, 0.25) is 10.0 Å². The average Bonchev–Trinajstić information content (AvgIpc) is 2.61. The van der Waals surface area contributed by atoms with Crippen molar-refractivity contribution in [1.82, 2.24) is 0 Å². The Hall–Kier alpha value is -2.91. The first-order chi connectivity index (χ1) is 12.2. The van der Waals surface area contributed by atoms with Crippen molar-refractivity contribution < 1.29 is 27.5 Å². The number of carbonyl (C=O) groups excluding carboxylic acids is 2. The van der Waals surface area contributed by atoms with Gasteiger partial charge in [-0.3, -0.25) is 4.79 Å². The Kier molecular flexibility index (Phi) is 5.96. The van der Waals surface area contributed by atoms with Gasteiger partial charge in [-0.25, -0.2) is 18.4 Å². The molecule has 0 spiro atoms. The molecule has 0 aromatic heterocycles. The molecule has 2 aromatic rings. The van der Waals surface area contributed by atoms with Crippen molar-refractivity contribution >= 4 is 27.6 Å². The Balaban J connectivity index is 2.02. The molecule has 1 atom stereocenters. The number of benzene rings is 2. The van der Waals surface area contributed by atoms with E-state index in [-0.39, 0.29) is 10.5 Å². The molecule has 0 aliphatic carbocycles. The smallest absolute Gasteiger partial charge is 0.342 e. The van der Waals surface area contributed by atoms with E-state index in [1.807, 2.05) is 0 Å². The molecular formula is C17H18N2O6S. The van der Waals surface area contributed by atoms with Gasteiger partial charge in [0.1, 0.15) is 11.3 Å². The van der Waals surface area contributed by atoms with E-state index >= 15 is 0 Å². The summed E-state index contributed by atoms with van der Waals surface area (Å²) in [6, 6.07) is 11.8. The third kappa shape index (κ3) is 4.80. The Labute approximate surface area is 151 Å². The highest BCUT2D eigenvalue weighted by Crippen LogP contribution is 2.19. The molecular weight excluding hydrogens is 360 g/mol. The largest absolute Gasteiger partial charge is 0.496 e. The van der Waals surface area contributed by atoms with Crippen LogP contribution in [0, 0.1) is 0 Å². The molecule has 0 saturated carbocycles. The van der Waals surface area contributed by atoms with Crippen LogP contribution in [0.25, 0.3) is 0 Å². The standard InChI is InChI=1S/C17H18N2O6S/c1-11(25-17(21)14-5-3-4-6-15(14)24-2)16(20)19-12-7-9-13(10-8-12)26(18,22)23/h3-11H,1-2H3,(H,19,20)(H2,18,22,23). The number of nitrogens with two attached hydrogens (primary N) is 1. The third-order valence-electron chi connectivity index (χ3n) is 3.43. The predicted octanol–water partition coefficient (Wildman–Crippen LogP) is 1.53. The lowest BCUT2D eigenvalue weighted by Crippen LogP contribution is -2.30. The highest BCUT2D eigenvalue weighted by atomic mass is 32.2. The van der Waals surface area contributed by atoms with Crippen LogP contribution in [-0.4, -0.2) is 33.5 Å². The molecule has 0 bridgehead atoms. The van der Waals surface area contributed by atoms with Crippen LogP contribution in [0.4, 0.5) is 5.69 Å². The number of esters is 1. The van der Waals surface area contributed by atoms with Crippen molar-refractivity contribution in [2.45, 2.75) is 17.9 Å². The summed E-state index contributed by atoms with van der Waals surface area (Å²) < 4.78 is 32.6. The number of ether oxygens (including phenoxy) is 2. The molecule has 9 heteroatoms. The monoisotopic (exact) mass is 378 g/mol. The van der Waals surface area contributed by atoms with Gasteiger partial charge >= 0.3 is 5.97 Å². The zero-order chi connectivity index (χ0) is 19.3. The molecule has 0 heterocycles. The van der Waals surface area contributed by atoms with Gasteiger partial charge in [0.15, 0.2) is 6.10 Å². The minimum atomic E-state index is -3.81. The topological polar surface area (TPSA) is 125 Å². The maximum absolute atomic E-state index is 12.2. The number of sulfonamides is 1. The number of para-hydroxylation sites is 1. The lowest BCUT2D eigenvalue weighted by molar-refractivity contribution is -0.123. The summed E-state index contributed by atoms with van der Waals surface area (Å²) >= 11 is 0. The summed E-state index contributed by atoms with van der Waals surface area (Å²) in [6.07, 6.45) is -1.08. The van der Waals surface area contributed by atoms with E-state index in [9.17, 15) is 18.0 Å². The van der Waals surface area contributed by atoms with Gasteiger partial charge in [-0.2, -0.15) is 0 Å². The van der Waals surface area contributed by atoms with E-state index in [0.717, 1.165) is 0 Å². The van der Waals surface area contributed by atoms with E-state index in [2.05, 4.69) is 5.32 Å². The van der Waals surface area contributed by atoms with Gasteiger partial charge in [-0.1, -0.05) is 12.1 Å². The first-order valence-corrected chi connectivity index (χ1v) is 9.04. The van der Waals surface area contributed by atoms with Crippen molar-refractivity contribution in [1.29, 1.82) is 0 Å². The Bertz CT molecular complexity index is 909. The average molecular weight is 378 g/mol. The first kappa shape index (κ1) is 19.4. The molecule has 138 valence electrons. The van der Waals surface area contributed by atoms with E-state index in [0.29, 0.717) is 11.4 Å². The second kappa shape index (κ2) is 7.98. The number of hydrogen-bond acceptors (Lipinski definition) is 6. The number of hydrogen-bond donors (Lipinski definition) is 2. The SMILES string of the molecule is COc1ccccc1C(=O)OC(C)C(=O)Nc1ccc(S(N)(=O)=O)cc1. The predicted molar refractivity (Wildman–Crippen MR) is 94.3 cm³/mol. The van der Waals surface area contributed by atoms with Crippen LogP contribution < -0.4 is 15.2 Å². The fourth-order valence-electron chi connectivity index (χ4n) is 2.06. The van der Waals surface area contributed by atoms with Crippen LogP contribution in [0.5, 0.6) is 5.75 Å². The van der Waals surface area contributed by atoms with Crippen LogP contribution in [0.3, 0.4) is 0 Å². The van der Waals surface area contributed by atoms with Gasteiger partial charge in [0.05, 0.1) is 12.0 Å². The van der Waals surface area contributed by atoms with Crippen LogP contribution in [0.2, 0.25) is 0 Å². The van der Waals surface area contributed by atoms with E-state index in [1.54, 1.807) is 18.2 Å². The van der Waals surface area contributed by atoms with E-state index in [1.165, 1.54) is 44.4 Å². The second-order valence-corrected chi connectivity index (χ2v) is 6.87. The molecule has 0 aliphatic heterocycles. The molecule has 0 saturated heterocycles. The Morgan fingerprint density at radius 3 is 2.27 bits per heavy atom. The molecule has 2 aromatic carbocycles. The van der Waals surface area contributed by atoms with Crippen molar-refractivity contribution in [3.63, 3.8) is 0 Å². The number of amides is 1. The minimum absolute atomic E-state index is 0.0776. The molecule has 0 radical (unpaired) electrons. The van der Waals surface area contributed by atoms with Crippen molar-refractivity contribution in [2.24, 2.45) is 5.14 Å². The van der Waals surface area contributed by atoms with Gasteiger partial charge in [0, 0.05) is 5.69 Å². The minimum Gasteiger partial charge on any atom is -0.496 e. The molecule has 3 N–H and O–H groups in total. The molecule has 1 unspecified atom stereocenters. The number of primary sulfonamides is 1. The molecule has 26 heavy (non-hydrogen) atoms. The third-order valence-corrected chi connectivity index (χ3v) is 4.36. The lowest BCUT2D eigenvalue weighted by atomic mass is 10.2. The summed E-state index contributed by atoms with van der Waals surface area (Å²) in [5.41, 5.74) is 0.537. The molecule has 8 nitrogen and oxygen atoms in total. The van der Waals surface area contributed by atoms with Gasteiger partial charge in [-0.15, -0.1) is 0 Å². The first-order valence-electron chi connectivity index (χ1n) is 7.50. The van der Waals surface area contributed by atoms with Crippen molar-refractivity contribution in [3.05, 3.63) is 54.1 Å². The number of nitrogens with one attached hydrogen (secondary N) is 1. The zero-order valence-electron chi connectivity index (χ0n) is 14.1. The summed E-state index contributed by atoms with van der Waals surface area (Å²) in [4.78, 5) is 24.3. The molecule has 0 fully saturated rings. The molecule has 1 amide bonds. The van der Waals surface area contributed by atoms with Crippen LogP contribution in [0.15, 0.2) is 53.4 Å². The van der Waals surface area contributed by atoms with Crippen molar-refractivity contribution in [3.8, 4) is 5.75 Å². The number of rotatable bonds is 6.